The van der Waals surface area contributed by atoms with Gasteiger partial charge in [0.05, 0.1) is 0 Å². The van der Waals surface area contributed by atoms with E-state index < -0.39 is 6.17 Å². The van der Waals surface area contributed by atoms with E-state index in [1.54, 1.807) is 6.92 Å². The third-order valence-corrected chi connectivity index (χ3v) is 5.60. The van der Waals surface area contributed by atoms with Crippen LogP contribution in [0.15, 0.2) is 42.5 Å². The second kappa shape index (κ2) is 6.66. The van der Waals surface area contributed by atoms with E-state index in [1.165, 1.54) is 23.4 Å². The number of anilines is 2. The molecule has 2 aromatic rings. The van der Waals surface area contributed by atoms with Gasteiger partial charge in [0.2, 0.25) is 0 Å². The molecule has 25 heavy (non-hydrogen) atoms. The first-order valence-electron chi connectivity index (χ1n) is 9.16. The molecule has 132 valence electrons. The fourth-order valence-electron chi connectivity index (χ4n) is 4.14. The molecular weight excluding hydrogens is 318 g/mol. The predicted octanol–water partition coefficient (Wildman–Crippen LogP) is 4.89. The molecule has 2 aromatic carbocycles. The van der Waals surface area contributed by atoms with E-state index in [4.69, 9.17) is 0 Å². The van der Waals surface area contributed by atoms with Crippen LogP contribution in [0.1, 0.15) is 37.1 Å². The molecule has 0 aliphatic carbocycles. The highest BCUT2D eigenvalue weighted by molar-refractivity contribution is 5.61. The average Bonchev–Trinajstić information content (AvgIpc) is 3.05. The van der Waals surface area contributed by atoms with Gasteiger partial charge in [-0.25, -0.2) is 8.78 Å². The standard InChI is InChI=1S/C21H24F2N2/c1-15(22)17-3-2-16-8-13-25(21(16)14-17)20-9-11-24(12-10-20)19-6-4-18(23)5-7-19/h2-7,14-15,20H,8-13H2,1H3. The molecule has 0 aromatic heterocycles. The van der Waals surface area contributed by atoms with Gasteiger partial charge in [-0.3, -0.25) is 0 Å². The highest BCUT2D eigenvalue weighted by Gasteiger charge is 2.29. The van der Waals surface area contributed by atoms with Gasteiger partial charge in [-0.05, 0) is 67.6 Å². The van der Waals surface area contributed by atoms with Gasteiger partial charge < -0.3 is 9.80 Å². The maximum Gasteiger partial charge on any atom is 0.123 e. The Bertz CT molecular complexity index is 734. The van der Waals surface area contributed by atoms with Crippen molar-refractivity contribution < 1.29 is 8.78 Å². The molecule has 1 atom stereocenters. The first kappa shape index (κ1) is 16.4. The van der Waals surface area contributed by atoms with E-state index in [9.17, 15) is 8.78 Å². The molecule has 1 unspecified atom stereocenters. The highest BCUT2D eigenvalue weighted by atomic mass is 19.1. The fourth-order valence-corrected chi connectivity index (χ4v) is 4.14. The molecule has 0 N–H and O–H groups in total. The number of halogens is 2. The molecule has 4 rings (SSSR count). The van der Waals surface area contributed by atoms with Crippen LogP contribution >= 0.6 is 0 Å². The van der Waals surface area contributed by atoms with Gasteiger partial charge in [0.1, 0.15) is 12.0 Å². The van der Waals surface area contributed by atoms with Gasteiger partial charge in [-0.15, -0.1) is 0 Å². The lowest BCUT2D eigenvalue weighted by Gasteiger charge is -2.39. The van der Waals surface area contributed by atoms with Crippen LogP contribution in [0.4, 0.5) is 20.2 Å². The van der Waals surface area contributed by atoms with E-state index >= 15 is 0 Å². The second-order valence-corrected chi connectivity index (χ2v) is 7.14. The Morgan fingerprint density at radius 1 is 1.00 bits per heavy atom. The second-order valence-electron chi connectivity index (χ2n) is 7.14. The Kier molecular flexibility index (Phi) is 4.36. The van der Waals surface area contributed by atoms with Gasteiger partial charge >= 0.3 is 0 Å². The monoisotopic (exact) mass is 342 g/mol. The summed E-state index contributed by atoms with van der Waals surface area (Å²) in [6, 6.07) is 13.3. The Hall–Kier alpha value is -2.10. The minimum atomic E-state index is -0.923. The van der Waals surface area contributed by atoms with Gasteiger partial charge in [0, 0.05) is 37.1 Å². The van der Waals surface area contributed by atoms with Gasteiger partial charge in [0.15, 0.2) is 0 Å². The third kappa shape index (κ3) is 3.22. The number of fused-ring (bicyclic) bond motifs is 1. The van der Waals surface area contributed by atoms with Crippen LogP contribution in [0.2, 0.25) is 0 Å². The molecule has 0 amide bonds. The summed E-state index contributed by atoms with van der Waals surface area (Å²) in [5.74, 6) is -0.190. The molecule has 1 saturated heterocycles. The van der Waals surface area contributed by atoms with Crippen LogP contribution in [0.25, 0.3) is 0 Å². The minimum Gasteiger partial charge on any atom is -0.371 e. The van der Waals surface area contributed by atoms with Crippen molar-refractivity contribution in [3.63, 3.8) is 0 Å². The summed E-state index contributed by atoms with van der Waals surface area (Å²) in [4.78, 5) is 4.80. The van der Waals surface area contributed by atoms with Crippen LogP contribution in [-0.4, -0.2) is 25.7 Å². The quantitative estimate of drug-likeness (QED) is 0.784. The maximum absolute atomic E-state index is 13.7. The maximum atomic E-state index is 13.7. The minimum absolute atomic E-state index is 0.190. The lowest BCUT2D eigenvalue weighted by Crippen LogP contribution is -2.44. The van der Waals surface area contributed by atoms with E-state index in [2.05, 4.69) is 15.9 Å². The zero-order valence-electron chi connectivity index (χ0n) is 14.6. The molecule has 2 heterocycles. The van der Waals surface area contributed by atoms with Crippen molar-refractivity contribution in [2.24, 2.45) is 0 Å². The molecule has 0 radical (unpaired) electrons. The average molecular weight is 342 g/mol. The van der Waals surface area contributed by atoms with Crippen molar-refractivity contribution in [3.8, 4) is 0 Å². The molecular formula is C21H24F2N2. The van der Waals surface area contributed by atoms with Crippen LogP contribution in [-0.2, 0) is 6.42 Å². The van der Waals surface area contributed by atoms with E-state index in [-0.39, 0.29) is 5.82 Å². The number of nitrogens with zero attached hydrogens (tertiary/aromatic N) is 2. The molecule has 0 saturated carbocycles. The Morgan fingerprint density at radius 2 is 1.72 bits per heavy atom. The molecule has 4 heteroatoms. The largest absolute Gasteiger partial charge is 0.371 e. The molecule has 1 fully saturated rings. The number of alkyl halides is 1. The predicted molar refractivity (Wildman–Crippen MR) is 98.7 cm³/mol. The van der Waals surface area contributed by atoms with Crippen LogP contribution in [0.3, 0.4) is 0 Å². The topological polar surface area (TPSA) is 6.48 Å². The zero-order chi connectivity index (χ0) is 17.4. The summed E-state index contributed by atoms with van der Waals surface area (Å²) in [7, 11) is 0. The number of hydrogen-bond donors (Lipinski definition) is 0. The van der Waals surface area contributed by atoms with E-state index in [0.717, 1.165) is 50.1 Å². The zero-order valence-corrected chi connectivity index (χ0v) is 14.6. The number of hydrogen-bond acceptors (Lipinski definition) is 2. The summed E-state index contributed by atoms with van der Waals surface area (Å²) in [5.41, 5.74) is 4.43. The van der Waals surface area contributed by atoms with Gasteiger partial charge in [-0.2, -0.15) is 0 Å². The number of rotatable bonds is 3. The third-order valence-electron chi connectivity index (χ3n) is 5.60. The Morgan fingerprint density at radius 3 is 2.40 bits per heavy atom. The van der Waals surface area contributed by atoms with Crippen LogP contribution in [0, 0.1) is 5.82 Å². The SMILES string of the molecule is CC(F)c1ccc2c(c1)N(C1CCN(c3ccc(F)cc3)CC1)CC2. The lowest BCUT2D eigenvalue weighted by molar-refractivity contribution is 0.374. The summed E-state index contributed by atoms with van der Waals surface area (Å²) < 4.78 is 26.8. The Balaban J connectivity index is 1.46. The van der Waals surface area contributed by atoms with Crippen molar-refractivity contribution in [2.75, 3.05) is 29.4 Å². The van der Waals surface area contributed by atoms with E-state index in [0.29, 0.717) is 6.04 Å². The first-order valence-corrected chi connectivity index (χ1v) is 9.16. The van der Waals surface area contributed by atoms with Crippen molar-refractivity contribution >= 4 is 11.4 Å². The fraction of sp³-hybridized carbons (Fsp3) is 0.429. The Labute approximate surface area is 148 Å². The molecule has 2 aliphatic rings. The van der Waals surface area contributed by atoms with Gasteiger partial charge in [0.25, 0.3) is 0 Å². The smallest absolute Gasteiger partial charge is 0.123 e. The molecule has 2 nitrogen and oxygen atoms in total. The summed E-state index contributed by atoms with van der Waals surface area (Å²) in [6.07, 6.45) is 2.28. The summed E-state index contributed by atoms with van der Waals surface area (Å²) in [6.45, 7) is 4.57. The van der Waals surface area contributed by atoms with Crippen molar-refractivity contribution in [3.05, 3.63) is 59.4 Å². The normalized spacial score (nSPS) is 19.2. The molecule has 2 aliphatic heterocycles. The first-order chi connectivity index (χ1) is 12.1. The van der Waals surface area contributed by atoms with Crippen molar-refractivity contribution in [2.45, 2.75) is 38.4 Å². The van der Waals surface area contributed by atoms with Crippen molar-refractivity contribution in [1.82, 2.24) is 0 Å². The molecule has 0 spiro atoms. The number of piperidine rings is 1. The van der Waals surface area contributed by atoms with Gasteiger partial charge in [-0.1, -0.05) is 12.1 Å². The lowest BCUT2D eigenvalue weighted by atomic mass is 10.0. The summed E-state index contributed by atoms with van der Waals surface area (Å²) in [5, 5.41) is 0. The van der Waals surface area contributed by atoms with E-state index in [1.807, 2.05) is 24.3 Å². The van der Waals surface area contributed by atoms with Crippen molar-refractivity contribution in [1.29, 1.82) is 0 Å². The molecule has 0 bridgehead atoms. The summed E-state index contributed by atoms with van der Waals surface area (Å²) >= 11 is 0. The van der Waals surface area contributed by atoms with Crippen LogP contribution in [0.5, 0.6) is 0 Å². The van der Waals surface area contributed by atoms with Crippen LogP contribution < -0.4 is 9.80 Å². The highest BCUT2D eigenvalue weighted by Crippen LogP contribution is 2.35. The number of benzene rings is 2.